The minimum atomic E-state index is -3.30. The zero-order valence-electron chi connectivity index (χ0n) is 25.4. The Morgan fingerprint density at radius 3 is 2.31 bits per heavy atom. The number of nitrogens with zero attached hydrogens (tertiary/aromatic N) is 6. The molecule has 10 nitrogen and oxygen atoms in total. The van der Waals surface area contributed by atoms with E-state index >= 15 is 0 Å². The second-order valence-corrected chi connectivity index (χ2v) is 12.5. The van der Waals surface area contributed by atoms with E-state index in [1.165, 1.54) is 4.68 Å². The van der Waals surface area contributed by atoms with Gasteiger partial charge in [-0.05, 0) is 55.7 Å². The fourth-order valence-corrected chi connectivity index (χ4v) is 5.83. The van der Waals surface area contributed by atoms with Crippen LogP contribution in [0.25, 0.3) is 22.4 Å². The first-order valence-corrected chi connectivity index (χ1v) is 16.2. The Hall–Kier alpha value is -5.36. The molecule has 1 N–H and O–H groups in total. The standard InChI is InChI=1S/C34H31N7O3S/c1-5-40(18-17-37-45(4,43)44)25-15-16-29(23(3)19-25)38-34-30(24-12-7-6-8-13-24)27(20-35)32-28(21-36)33(42)31(39-41(32)34)26-14-10-9-11-22(26)2/h6-16,19,37H,5,17-18H2,1-4H3. The Morgan fingerprint density at radius 1 is 0.978 bits per heavy atom. The molecule has 0 spiro atoms. The fraction of sp³-hybridized carbons (Fsp3) is 0.206. The second-order valence-electron chi connectivity index (χ2n) is 10.6. The van der Waals surface area contributed by atoms with Gasteiger partial charge in [0.25, 0.3) is 0 Å². The van der Waals surface area contributed by atoms with Crippen molar-refractivity contribution in [2.75, 3.05) is 30.8 Å². The van der Waals surface area contributed by atoms with Crippen molar-refractivity contribution >= 4 is 38.4 Å². The van der Waals surface area contributed by atoms with Gasteiger partial charge in [-0.15, -0.1) is 0 Å². The Morgan fingerprint density at radius 2 is 1.69 bits per heavy atom. The van der Waals surface area contributed by atoms with Crippen molar-refractivity contribution in [3.63, 3.8) is 0 Å². The summed E-state index contributed by atoms with van der Waals surface area (Å²) < 4.78 is 27.0. The molecule has 45 heavy (non-hydrogen) atoms. The Bertz CT molecular complexity index is 2120. The molecular weight excluding hydrogens is 586 g/mol. The number of rotatable bonds is 9. The molecule has 2 heterocycles. The van der Waals surface area contributed by atoms with Gasteiger partial charge in [0, 0.05) is 36.5 Å². The Kier molecular flexibility index (Phi) is 8.77. The van der Waals surface area contributed by atoms with E-state index in [1.807, 2.05) is 87.5 Å². The van der Waals surface area contributed by atoms with Crippen LogP contribution in [0.1, 0.15) is 34.9 Å². The molecule has 1 aliphatic heterocycles. The molecule has 0 radical (unpaired) electrons. The van der Waals surface area contributed by atoms with Crippen LogP contribution in [0, 0.1) is 36.5 Å². The highest BCUT2D eigenvalue weighted by molar-refractivity contribution is 7.88. The lowest BCUT2D eigenvalue weighted by Crippen LogP contribution is -2.34. The molecule has 4 aromatic rings. The summed E-state index contributed by atoms with van der Waals surface area (Å²) in [5, 5.41) is 25.4. The lowest BCUT2D eigenvalue weighted by molar-refractivity contribution is 0.587. The average molecular weight is 618 g/mol. The van der Waals surface area contributed by atoms with E-state index in [4.69, 9.17) is 10.1 Å². The van der Waals surface area contributed by atoms with Crippen LogP contribution in [-0.2, 0) is 10.0 Å². The third-order valence-electron chi connectivity index (χ3n) is 7.59. The lowest BCUT2D eigenvalue weighted by Gasteiger charge is -2.24. The zero-order chi connectivity index (χ0) is 32.3. The number of fused-ring (bicyclic) bond motifs is 1. The number of nitrogens with one attached hydrogen (secondary N) is 1. The molecule has 1 aromatic heterocycles. The summed E-state index contributed by atoms with van der Waals surface area (Å²) in [6, 6.07) is 26.6. The first-order valence-electron chi connectivity index (χ1n) is 14.3. The highest BCUT2D eigenvalue weighted by atomic mass is 32.2. The number of aromatic nitrogens is 2. The number of aliphatic imine (C=N–C) groups is 1. The molecule has 3 aromatic carbocycles. The number of benzene rings is 3. The number of hydrogen-bond acceptors (Lipinski definition) is 8. The molecule has 0 bridgehead atoms. The molecule has 11 heteroatoms. The minimum absolute atomic E-state index is 0.0982. The summed E-state index contributed by atoms with van der Waals surface area (Å²) in [4.78, 5) is 20.8. The average Bonchev–Trinajstić information content (AvgIpc) is 3.33. The van der Waals surface area contributed by atoms with E-state index in [2.05, 4.69) is 15.7 Å². The molecule has 0 fully saturated rings. The quantitative estimate of drug-likeness (QED) is 0.284. The van der Waals surface area contributed by atoms with Gasteiger partial charge in [0.1, 0.15) is 29.1 Å². The highest BCUT2D eigenvalue weighted by Crippen LogP contribution is 2.37. The van der Waals surface area contributed by atoms with E-state index in [9.17, 15) is 23.7 Å². The van der Waals surface area contributed by atoms with Crippen LogP contribution < -0.4 is 15.1 Å². The normalized spacial score (nSPS) is 13.4. The number of sulfonamides is 1. The summed E-state index contributed by atoms with van der Waals surface area (Å²) >= 11 is 0. The number of nitriles is 2. The van der Waals surface area contributed by atoms with Gasteiger partial charge in [0.05, 0.1) is 17.5 Å². The van der Waals surface area contributed by atoms with E-state index in [0.29, 0.717) is 41.3 Å². The van der Waals surface area contributed by atoms with Gasteiger partial charge in [0.15, 0.2) is 5.84 Å². The molecule has 0 saturated carbocycles. The van der Waals surface area contributed by atoms with Crippen LogP contribution in [0.2, 0.25) is 0 Å². The van der Waals surface area contributed by atoms with Gasteiger partial charge in [-0.1, -0.05) is 54.6 Å². The van der Waals surface area contributed by atoms with E-state index < -0.39 is 15.5 Å². The zero-order valence-corrected chi connectivity index (χ0v) is 26.2. The highest BCUT2D eigenvalue weighted by Gasteiger charge is 2.35. The monoisotopic (exact) mass is 617 g/mol. The molecule has 5 rings (SSSR count). The topological polar surface area (TPSA) is 144 Å². The number of anilines is 1. The van der Waals surface area contributed by atoms with Crippen LogP contribution in [0.15, 0.2) is 82.6 Å². The van der Waals surface area contributed by atoms with E-state index in [0.717, 1.165) is 23.1 Å². The van der Waals surface area contributed by atoms with Crippen molar-refractivity contribution in [2.24, 2.45) is 4.99 Å². The van der Waals surface area contributed by atoms with Crippen molar-refractivity contribution in [2.45, 2.75) is 20.8 Å². The summed E-state index contributed by atoms with van der Waals surface area (Å²) in [6.45, 7) is 7.18. The predicted octanol–water partition coefficient (Wildman–Crippen LogP) is 4.80. The van der Waals surface area contributed by atoms with Gasteiger partial charge < -0.3 is 4.90 Å². The summed E-state index contributed by atoms with van der Waals surface area (Å²) in [5.41, 5.74) is 4.52. The van der Waals surface area contributed by atoms with Gasteiger partial charge in [0.2, 0.25) is 15.5 Å². The summed E-state index contributed by atoms with van der Waals surface area (Å²) in [5.74, 6) is 0.319. The van der Waals surface area contributed by atoms with Gasteiger partial charge in [-0.2, -0.15) is 15.6 Å². The van der Waals surface area contributed by atoms with Gasteiger partial charge in [-0.3, -0.25) is 4.79 Å². The molecule has 0 saturated heterocycles. The minimum Gasteiger partial charge on any atom is -0.370 e. The summed E-state index contributed by atoms with van der Waals surface area (Å²) in [6.07, 6.45) is 1.13. The Labute approximate surface area is 262 Å². The molecule has 1 aliphatic rings. The van der Waals surface area contributed by atoms with Gasteiger partial charge in [-0.25, -0.2) is 22.8 Å². The number of hydrogen-bond donors (Lipinski definition) is 1. The molecular formula is C34H31N7O3S. The first-order chi connectivity index (χ1) is 21.6. The molecule has 0 unspecified atom stereocenters. The van der Waals surface area contributed by atoms with Crippen molar-refractivity contribution in [3.05, 3.63) is 111 Å². The second kappa shape index (κ2) is 12.7. The largest absolute Gasteiger partial charge is 0.370 e. The molecule has 0 aliphatic carbocycles. The van der Waals surface area contributed by atoms with Crippen molar-refractivity contribution in [3.8, 4) is 23.4 Å². The SMILES string of the molecule is CCN(CCNS(C)(=O)=O)c1ccc(N=C2C(c3ccccc3)=C(C#N)c3c(C#N)c(=O)c(-c4ccccc4C)nn32)c(C)c1. The van der Waals surface area contributed by atoms with Crippen LogP contribution in [0.5, 0.6) is 0 Å². The van der Waals surface area contributed by atoms with Gasteiger partial charge >= 0.3 is 0 Å². The lowest BCUT2D eigenvalue weighted by atomic mass is 9.98. The molecule has 0 amide bonds. The number of likely N-dealkylation sites (N-methyl/N-ethyl adjacent to an activating group) is 1. The summed E-state index contributed by atoms with van der Waals surface area (Å²) in [7, 11) is -3.30. The molecule has 0 atom stereocenters. The number of allylic oxidation sites excluding steroid dienone is 2. The van der Waals surface area contributed by atoms with Crippen molar-refractivity contribution in [1.82, 2.24) is 14.5 Å². The van der Waals surface area contributed by atoms with E-state index in [-0.39, 0.29) is 29.1 Å². The molecule has 226 valence electrons. The van der Waals surface area contributed by atoms with Crippen LogP contribution in [0.3, 0.4) is 0 Å². The maximum Gasteiger partial charge on any atom is 0.226 e. The Balaban J connectivity index is 1.71. The van der Waals surface area contributed by atoms with E-state index in [1.54, 1.807) is 12.1 Å². The third-order valence-corrected chi connectivity index (χ3v) is 8.32. The van der Waals surface area contributed by atoms with Crippen molar-refractivity contribution in [1.29, 1.82) is 10.5 Å². The fourth-order valence-electron chi connectivity index (χ4n) is 5.37. The maximum atomic E-state index is 13.7. The maximum absolute atomic E-state index is 13.7. The predicted molar refractivity (Wildman–Crippen MR) is 177 cm³/mol. The number of aryl methyl sites for hydroxylation is 2. The van der Waals surface area contributed by atoms with Crippen LogP contribution in [-0.4, -0.2) is 49.9 Å². The third kappa shape index (κ3) is 6.18. The smallest absolute Gasteiger partial charge is 0.226 e. The first kappa shape index (κ1) is 31.1. The van der Waals surface area contributed by atoms with Crippen LogP contribution >= 0.6 is 0 Å². The van der Waals surface area contributed by atoms with Crippen LogP contribution in [0.4, 0.5) is 11.4 Å². The van der Waals surface area contributed by atoms with Crippen molar-refractivity contribution < 1.29 is 8.42 Å².